The van der Waals surface area contributed by atoms with Crippen LogP contribution >= 0.6 is 11.8 Å². The second-order valence-corrected chi connectivity index (χ2v) is 10.2. The van der Waals surface area contributed by atoms with Crippen LogP contribution in [0.25, 0.3) is 0 Å². The van der Waals surface area contributed by atoms with Gasteiger partial charge in [0.25, 0.3) is 0 Å². The van der Waals surface area contributed by atoms with Gasteiger partial charge in [-0.05, 0) is 38.1 Å². The van der Waals surface area contributed by atoms with E-state index in [0.29, 0.717) is 11.9 Å². The van der Waals surface area contributed by atoms with Crippen LogP contribution in [0.3, 0.4) is 0 Å². The van der Waals surface area contributed by atoms with Crippen LogP contribution in [0.1, 0.15) is 34.6 Å². The minimum absolute atomic E-state index is 0.0187. The minimum Gasteiger partial charge on any atom is -0.449 e. The zero-order valence-electron chi connectivity index (χ0n) is 15.6. The summed E-state index contributed by atoms with van der Waals surface area (Å²) >= 11 is 1.89. The maximum atomic E-state index is 5.66. The largest absolute Gasteiger partial charge is 0.449 e. The van der Waals surface area contributed by atoms with Crippen LogP contribution < -0.4 is 4.99 Å². The summed E-state index contributed by atoms with van der Waals surface area (Å²) in [7, 11) is 0.0187. The second-order valence-electron chi connectivity index (χ2n) is 6.81. The van der Waals surface area contributed by atoms with Gasteiger partial charge in [-0.25, -0.2) is 4.99 Å². The number of ether oxygens (including phenoxy) is 1. The fourth-order valence-electron chi connectivity index (χ4n) is 3.15. The van der Waals surface area contributed by atoms with Crippen molar-refractivity contribution in [2.24, 2.45) is 0 Å². The van der Waals surface area contributed by atoms with E-state index < -0.39 is 0 Å². The van der Waals surface area contributed by atoms with Crippen LogP contribution in [0.5, 0.6) is 0 Å². The normalized spacial score (nSPS) is 16.1. The summed E-state index contributed by atoms with van der Waals surface area (Å²) in [6, 6.07) is 17.7. The van der Waals surface area contributed by atoms with Crippen molar-refractivity contribution in [2.45, 2.75) is 65.0 Å². The van der Waals surface area contributed by atoms with Crippen molar-refractivity contribution in [1.29, 1.82) is 0 Å². The molecule has 2 aromatic rings. The molecule has 0 saturated carbocycles. The molecule has 0 bridgehead atoms. The molecule has 0 unspecified atom stereocenters. The van der Waals surface area contributed by atoms with Crippen LogP contribution in [0.15, 0.2) is 68.1 Å². The van der Waals surface area contributed by atoms with Crippen LogP contribution in [0.4, 0.5) is 0 Å². The van der Waals surface area contributed by atoms with Crippen molar-refractivity contribution in [3.05, 3.63) is 48.5 Å². The molecule has 25 heavy (non-hydrogen) atoms. The molecule has 1 aliphatic heterocycles. The average molecular weight is 374 g/mol. The lowest BCUT2D eigenvalue weighted by molar-refractivity contribution is -0.551. The van der Waals surface area contributed by atoms with Crippen molar-refractivity contribution in [3.8, 4) is 0 Å². The molecule has 132 valence electrons. The van der Waals surface area contributed by atoms with Gasteiger partial charge in [0.05, 0.1) is 34.2 Å². The Kier molecular flexibility index (Phi) is 5.49. The molecule has 0 spiro atoms. The van der Waals surface area contributed by atoms with E-state index in [2.05, 4.69) is 74.3 Å². The number of rotatable bonds is 4. The highest BCUT2D eigenvalue weighted by atomic mass is 32.2. The molecule has 0 amide bonds. The Labute approximate surface area is 158 Å². The second kappa shape index (κ2) is 7.46. The fourth-order valence-corrected chi connectivity index (χ4v) is 7.48. The van der Waals surface area contributed by atoms with E-state index >= 15 is 0 Å². The standard InChI is InChI=1S/C21H26NOS2/c1-6-23-16(3)22-21(4,5)15(2)25-19-13-9-7-11-17(19)24-18-12-8-10-14-20(18)25/h7-15H,6H2,1-5H3/q+1/p+1/t15-/m0/s1. The summed E-state index contributed by atoms with van der Waals surface area (Å²) in [5.74, 6) is 0.899. The van der Waals surface area contributed by atoms with Gasteiger partial charge in [0, 0.05) is 13.8 Å². The van der Waals surface area contributed by atoms with Crippen molar-refractivity contribution in [3.63, 3.8) is 0 Å². The molecule has 3 rings (SSSR count). The average Bonchev–Trinajstić information content (AvgIpc) is 2.58. The van der Waals surface area contributed by atoms with E-state index in [1.54, 1.807) is 0 Å². The van der Waals surface area contributed by atoms with Gasteiger partial charge in [-0.3, -0.25) is 0 Å². The Balaban J connectivity index is 2.05. The van der Waals surface area contributed by atoms with Gasteiger partial charge >= 0.3 is 5.90 Å². The van der Waals surface area contributed by atoms with E-state index in [4.69, 9.17) is 4.74 Å². The lowest BCUT2D eigenvalue weighted by Crippen LogP contribution is -2.89. The molecule has 0 fully saturated rings. The van der Waals surface area contributed by atoms with E-state index in [1.807, 2.05) is 25.6 Å². The zero-order valence-corrected chi connectivity index (χ0v) is 17.3. The topological polar surface area (TPSA) is 23.2 Å². The molecular weight excluding hydrogens is 346 g/mol. The Bertz CT molecular complexity index is 739. The monoisotopic (exact) mass is 373 g/mol. The van der Waals surface area contributed by atoms with Gasteiger partial charge in [-0.1, -0.05) is 36.0 Å². The summed E-state index contributed by atoms with van der Waals surface area (Å²) in [6.45, 7) is 11.6. The third kappa shape index (κ3) is 3.75. The number of benzene rings is 2. The first-order valence-electron chi connectivity index (χ1n) is 8.77. The van der Waals surface area contributed by atoms with Crippen LogP contribution in [-0.2, 0) is 15.6 Å². The molecule has 0 aliphatic carbocycles. The van der Waals surface area contributed by atoms with Crippen LogP contribution in [0.2, 0.25) is 0 Å². The lowest BCUT2D eigenvalue weighted by Gasteiger charge is -2.27. The molecule has 1 heterocycles. The molecular formula is C21H27NOS2+2. The van der Waals surface area contributed by atoms with Gasteiger partial charge in [-0.15, -0.1) is 0 Å². The van der Waals surface area contributed by atoms with E-state index in [9.17, 15) is 0 Å². The Morgan fingerprint density at radius 1 is 1.08 bits per heavy atom. The van der Waals surface area contributed by atoms with Gasteiger partial charge in [0.1, 0.15) is 0 Å². The van der Waals surface area contributed by atoms with E-state index in [1.165, 1.54) is 19.6 Å². The van der Waals surface area contributed by atoms with E-state index in [-0.39, 0.29) is 16.4 Å². The summed E-state index contributed by atoms with van der Waals surface area (Å²) in [4.78, 5) is 9.31. The summed E-state index contributed by atoms with van der Waals surface area (Å²) in [5, 5.41) is 0.422. The highest BCUT2D eigenvalue weighted by Crippen LogP contribution is 2.47. The first kappa shape index (κ1) is 18.4. The third-order valence-electron chi connectivity index (χ3n) is 4.62. The van der Waals surface area contributed by atoms with Crippen molar-refractivity contribution >= 4 is 28.6 Å². The number of hydrogen-bond acceptors (Lipinski definition) is 2. The number of nitrogens with one attached hydrogen (secondary N) is 1. The predicted octanol–water partition coefficient (Wildman–Crippen LogP) is 3.89. The van der Waals surface area contributed by atoms with Gasteiger partial charge < -0.3 is 4.74 Å². The van der Waals surface area contributed by atoms with Crippen molar-refractivity contribution < 1.29 is 9.73 Å². The smallest absolute Gasteiger partial charge is 0.332 e. The van der Waals surface area contributed by atoms with Gasteiger partial charge in [0.2, 0.25) is 5.54 Å². The maximum absolute atomic E-state index is 5.66. The maximum Gasteiger partial charge on any atom is 0.332 e. The molecule has 1 atom stereocenters. The van der Waals surface area contributed by atoms with Crippen molar-refractivity contribution in [1.82, 2.24) is 0 Å². The number of fused-ring (bicyclic) bond motifs is 2. The molecule has 4 heteroatoms. The molecule has 0 saturated heterocycles. The van der Waals surface area contributed by atoms with Crippen molar-refractivity contribution in [2.75, 3.05) is 6.61 Å². The molecule has 1 aliphatic rings. The first-order valence-corrected chi connectivity index (χ1v) is 10.9. The quantitative estimate of drug-likeness (QED) is 0.499. The van der Waals surface area contributed by atoms with Gasteiger partial charge in [0.15, 0.2) is 15.0 Å². The summed E-state index contributed by atoms with van der Waals surface area (Å²) in [6.07, 6.45) is 0. The summed E-state index contributed by atoms with van der Waals surface area (Å²) in [5.41, 5.74) is -0.0788. The third-order valence-corrected chi connectivity index (χ3v) is 8.99. The Morgan fingerprint density at radius 2 is 1.60 bits per heavy atom. The molecule has 2 nitrogen and oxygen atoms in total. The molecule has 0 aromatic heterocycles. The highest BCUT2D eigenvalue weighted by molar-refractivity contribution is 8.04. The fraction of sp³-hybridized carbons (Fsp3) is 0.381. The first-order chi connectivity index (χ1) is 11.9. The molecule has 1 N–H and O–H groups in total. The summed E-state index contributed by atoms with van der Waals surface area (Å²) < 4.78 is 5.66. The lowest BCUT2D eigenvalue weighted by atomic mass is 10.0. The highest BCUT2D eigenvalue weighted by Gasteiger charge is 2.50. The van der Waals surface area contributed by atoms with Gasteiger partial charge in [-0.2, -0.15) is 0 Å². The SMILES string of the molecule is CCOC(C)=[NH+]C(C)(C)[C@H](C)[S+]1c2ccccc2Sc2ccccc21. The predicted molar refractivity (Wildman–Crippen MR) is 108 cm³/mol. The zero-order chi connectivity index (χ0) is 18.0. The molecule has 2 aromatic carbocycles. The number of hydrogen-bond donors (Lipinski definition) is 1. The van der Waals surface area contributed by atoms with E-state index in [0.717, 1.165) is 5.90 Å². The minimum atomic E-state index is -0.0788. The van der Waals surface area contributed by atoms with Crippen LogP contribution in [-0.4, -0.2) is 23.3 Å². The Morgan fingerprint density at radius 3 is 2.12 bits per heavy atom. The van der Waals surface area contributed by atoms with Crippen LogP contribution in [0, 0.1) is 0 Å². The molecule has 0 radical (unpaired) electrons. The Hall–Kier alpha value is -1.39.